The largest absolute Gasteiger partial charge is 0.476 e. The summed E-state index contributed by atoms with van der Waals surface area (Å²) in [6.45, 7) is 2.89. The van der Waals surface area contributed by atoms with Crippen LogP contribution in [-0.4, -0.2) is 49.6 Å². The monoisotopic (exact) mass is 293 g/mol. The molecule has 0 aliphatic rings. The number of aromatic carboxylic acids is 1. The molecule has 114 valence electrons. The van der Waals surface area contributed by atoms with E-state index in [2.05, 4.69) is 15.4 Å². The molecule has 8 heteroatoms. The molecule has 0 fully saturated rings. The maximum absolute atomic E-state index is 11.2. The van der Waals surface area contributed by atoms with Crippen molar-refractivity contribution in [3.63, 3.8) is 0 Å². The van der Waals surface area contributed by atoms with Gasteiger partial charge in [0.2, 0.25) is 0 Å². The van der Waals surface area contributed by atoms with Gasteiger partial charge in [-0.05, 0) is 12.5 Å². The zero-order chi connectivity index (χ0) is 15.4. The second-order valence-electron chi connectivity index (χ2n) is 4.69. The molecule has 0 saturated carbocycles. The van der Waals surface area contributed by atoms with Crippen molar-refractivity contribution in [2.24, 2.45) is 7.05 Å². The molecular formula is C13H19N5O3. The molecule has 0 aliphatic carbocycles. The van der Waals surface area contributed by atoms with E-state index in [-0.39, 0.29) is 5.69 Å². The van der Waals surface area contributed by atoms with Gasteiger partial charge in [-0.15, -0.1) is 5.10 Å². The van der Waals surface area contributed by atoms with Gasteiger partial charge in [0.1, 0.15) is 0 Å². The van der Waals surface area contributed by atoms with E-state index in [4.69, 9.17) is 9.84 Å². The van der Waals surface area contributed by atoms with E-state index in [0.717, 1.165) is 17.8 Å². The number of nitrogens with zero attached hydrogens (tertiary/aromatic N) is 5. The highest BCUT2D eigenvalue weighted by Crippen LogP contribution is 2.11. The van der Waals surface area contributed by atoms with E-state index in [0.29, 0.717) is 25.3 Å². The third-order valence-corrected chi connectivity index (χ3v) is 3.28. The number of ether oxygens (including phenoxy) is 1. The van der Waals surface area contributed by atoms with Gasteiger partial charge < -0.3 is 9.84 Å². The van der Waals surface area contributed by atoms with E-state index >= 15 is 0 Å². The molecule has 21 heavy (non-hydrogen) atoms. The second kappa shape index (κ2) is 6.49. The van der Waals surface area contributed by atoms with Crippen molar-refractivity contribution in [2.75, 3.05) is 13.7 Å². The summed E-state index contributed by atoms with van der Waals surface area (Å²) in [5.74, 6) is -1.08. The van der Waals surface area contributed by atoms with Crippen LogP contribution in [0, 0.1) is 0 Å². The van der Waals surface area contributed by atoms with Gasteiger partial charge in [0.05, 0.1) is 30.2 Å². The van der Waals surface area contributed by atoms with Crippen LogP contribution in [0.5, 0.6) is 0 Å². The maximum atomic E-state index is 11.2. The van der Waals surface area contributed by atoms with Crippen LogP contribution in [0.25, 0.3) is 0 Å². The topological polar surface area (TPSA) is 95.1 Å². The average Bonchev–Trinajstić information content (AvgIpc) is 3.01. The van der Waals surface area contributed by atoms with Crippen molar-refractivity contribution < 1.29 is 14.6 Å². The first-order valence-electron chi connectivity index (χ1n) is 6.73. The predicted octanol–water partition coefficient (Wildman–Crippen LogP) is 0.509. The molecule has 1 N–H and O–H groups in total. The van der Waals surface area contributed by atoms with Crippen LogP contribution in [-0.2, 0) is 31.2 Å². The number of rotatable bonds is 7. The Morgan fingerprint density at radius 1 is 1.48 bits per heavy atom. The highest BCUT2D eigenvalue weighted by atomic mass is 16.5. The predicted molar refractivity (Wildman–Crippen MR) is 74.2 cm³/mol. The zero-order valence-corrected chi connectivity index (χ0v) is 12.4. The molecule has 2 heterocycles. The lowest BCUT2D eigenvalue weighted by Crippen LogP contribution is -2.13. The Morgan fingerprint density at radius 3 is 2.81 bits per heavy atom. The molecular weight excluding hydrogens is 274 g/mol. The molecule has 0 saturated heterocycles. The van der Waals surface area contributed by atoms with Crippen molar-refractivity contribution in [1.29, 1.82) is 0 Å². The summed E-state index contributed by atoms with van der Waals surface area (Å²) in [6.07, 6.45) is 1.30. The molecule has 0 radical (unpaired) electrons. The van der Waals surface area contributed by atoms with Crippen LogP contribution in [0.4, 0.5) is 0 Å². The van der Waals surface area contributed by atoms with Gasteiger partial charge >= 0.3 is 5.97 Å². The Labute approximate surface area is 122 Å². The molecule has 0 unspecified atom stereocenters. The molecule has 8 nitrogen and oxygen atoms in total. The summed E-state index contributed by atoms with van der Waals surface area (Å²) >= 11 is 0. The van der Waals surface area contributed by atoms with Crippen molar-refractivity contribution in [1.82, 2.24) is 24.8 Å². The van der Waals surface area contributed by atoms with E-state index in [1.54, 1.807) is 16.5 Å². The van der Waals surface area contributed by atoms with Gasteiger partial charge in [-0.2, -0.15) is 5.10 Å². The fourth-order valence-electron chi connectivity index (χ4n) is 2.12. The third-order valence-electron chi connectivity index (χ3n) is 3.28. The number of carbonyl (C=O) groups is 1. The lowest BCUT2D eigenvalue weighted by Gasteiger charge is -2.07. The van der Waals surface area contributed by atoms with Gasteiger partial charge in [0, 0.05) is 20.6 Å². The minimum absolute atomic E-state index is 0.0232. The Bertz CT molecular complexity index is 632. The van der Waals surface area contributed by atoms with Crippen LogP contribution in [0.3, 0.4) is 0 Å². The number of aromatic nitrogens is 5. The highest BCUT2D eigenvalue weighted by molar-refractivity contribution is 5.86. The van der Waals surface area contributed by atoms with Crippen molar-refractivity contribution in [3.8, 4) is 0 Å². The van der Waals surface area contributed by atoms with E-state index in [1.807, 2.05) is 20.0 Å². The molecule has 0 spiro atoms. The van der Waals surface area contributed by atoms with Gasteiger partial charge in [0.15, 0.2) is 5.69 Å². The van der Waals surface area contributed by atoms with Crippen molar-refractivity contribution in [2.45, 2.75) is 26.3 Å². The van der Waals surface area contributed by atoms with Crippen LogP contribution in [0.15, 0.2) is 6.07 Å². The van der Waals surface area contributed by atoms with Crippen LogP contribution >= 0.6 is 0 Å². The number of aryl methyl sites for hydroxylation is 2. The van der Waals surface area contributed by atoms with E-state index in [1.165, 1.54) is 0 Å². The lowest BCUT2D eigenvalue weighted by atomic mass is 10.2. The average molecular weight is 293 g/mol. The summed E-state index contributed by atoms with van der Waals surface area (Å²) in [4.78, 5) is 11.2. The summed E-state index contributed by atoms with van der Waals surface area (Å²) in [7, 11) is 3.43. The Morgan fingerprint density at radius 2 is 2.24 bits per heavy atom. The number of carboxylic acids is 1. The first-order chi connectivity index (χ1) is 10.1. The lowest BCUT2D eigenvalue weighted by molar-refractivity contribution is 0.0688. The van der Waals surface area contributed by atoms with Crippen LogP contribution in [0.2, 0.25) is 0 Å². The quantitative estimate of drug-likeness (QED) is 0.799. The fourth-order valence-corrected chi connectivity index (χ4v) is 2.12. The van der Waals surface area contributed by atoms with Crippen molar-refractivity contribution >= 4 is 5.97 Å². The van der Waals surface area contributed by atoms with Crippen LogP contribution < -0.4 is 0 Å². The number of hydrogen-bond acceptors (Lipinski definition) is 5. The van der Waals surface area contributed by atoms with Gasteiger partial charge in [-0.3, -0.25) is 4.68 Å². The molecule has 0 amide bonds. The summed E-state index contributed by atoms with van der Waals surface area (Å²) < 4.78 is 8.40. The number of carboxylic acid groups (broad SMARTS) is 1. The molecule has 0 aromatic carbocycles. The first-order valence-corrected chi connectivity index (χ1v) is 6.73. The minimum atomic E-state index is -1.08. The molecule has 0 aliphatic heterocycles. The summed E-state index contributed by atoms with van der Waals surface area (Å²) in [5, 5.41) is 21.2. The third kappa shape index (κ3) is 3.27. The molecule has 0 atom stereocenters. The van der Waals surface area contributed by atoms with E-state index in [9.17, 15) is 4.79 Å². The Balaban J connectivity index is 2.30. The normalized spacial score (nSPS) is 11.0. The molecule has 0 bridgehead atoms. The molecule has 2 rings (SSSR count). The SMILES string of the molecule is CCc1cc(Cn2nnc(C(=O)O)c2CCOC)n(C)n1. The number of hydrogen-bond donors (Lipinski definition) is 1. The van der Waals surface area contributed by atoms with Gasteiger partial charge in [-0.25, -0.2) is 9.48 Å². The van der Waals surface area contributed by atoms with Gasteiger partial charge in [-0.1, -0.05) is 12.1 Å². The first kappa shape index (κ1) is 15.2. The highest BCUT2D eigenvalue weighted by Gasteiger charge is 2.19. The number of methoxy groups -OCH3 is 1. The fraction of sp³-hybridized carbons (Fsp3) is 0.538. The van der Waals surface area contributed by atoms with Crippen molar-refractivity contribution in [3.05, 3.63) is 28.8 Å². The van der Waals surface area contributed by atoms with E-state index < -0.39 is 5.97 Å². The zero-order valence-electron chi connectivity index (χ0n) is 12.4. The smallest absolute Gasteiger partial charge is 0.358 e. The Hall–Kier alpha value is -2.22. The molecule has 2 aromatic heterocycles. The maximum Gasteiger partial charge on any atom is 0.358 e. The minimum Gasteiger partial charge on any atom is -0.476 e. The second-order valence-corrected chi connectivity index (χ2v) is 4.69. The Kier molecular flexibility index (Phi) is 4.69. The summed E-state index contributed by atoms with van der Waals surface area (Å²) in [6, 6.07) is 1.99. The summed E-state index contributed by atoms with van der Waals surface area (Å²) in [5.41, 5.74) is 2.48. The van der Waals surface area contributed by atoms with Crippen LogP contribution in [0.1, 0.15) is 34.5 Å². The van der Waals surface area contributed by atoms with Gasteiger partial charge in [0.25, 0.3) is 0 Å². The standard InChI is InChI=1S/C13H19N5O3/c1-4-9-7-10(17(2)15-9)8-18-11(5-6-21-3)12(13(19)20)14-16-18/h7H,4-6,8H2,1-3H3,(H,19,20). The molecule has 2 aromatic rings.